The normalized spacial score (nSPS) is 18.9. The molecule has 0 aromatic carbocycles. The Morgan fingerprint density at radius 2 is 2.00 bits per heavy atom. The van der Waals surface area contributed by atoms with Gasteiger partial charge in [-0.1, -0.05) is 38.5 Å². The Morgan fingerprint density at radius 1 is 1.33 bits per heavy atom. The third-order valence-electron chi connectivity index (χ3n) is 4.51. The minimum absolute atomic E-state index is 0.0899. The maximum Gasteiger partial charge on any atom is 0.0694 e. The average Bonchev–Trinajstić information content (AvgIpc) is 2.63. The van der Waals surface area contributed by atoms with Crippen molar-refractivity contribution in [2.45, 2.75) is 57.5 Å². The minimum atomic E-state index is 0.0899. The van der Waals surface area contributed by atoms with E-state index in [4.69, 9.17) is 5.73 Å². The molecule has 1 aromatic rings. The summed E-state index contributed by atoms with van der Waals surface area (Å²) in [5.74, 6) is 0.784. The van der Waals surface area contributed by atoms with Crippen LogP contribution >= 0.6 is 15.9 Å². The molecule has 4 nitrogen and oxygen atoms in total. The molecule has 0 bridgehead atoms. The van der Waals surface area contributed by atoms with Crippen LogP contribution in [-0.2, 0) is 6.54 Å². The SMILES string of the molecule is CN(C)CCn1ncc(Br)c1C(N)CC1CCCCCC1. The highest BCUT2D eigenvalue weighted by Crippen LogP contribution is 2.32. The second kappa shape index (κ2) is 8.30. The van der Waals surface area contributed by atoms with Crippen molar-refractivity contribution < 1.29 is 0 Å². The number of nitrogens with zero attached hydrogens (tertiary/aromatic N) is 3. The van der Waals surface area contributed by atoms with Crippen LogP contribution in [0, 0.1) is 5.92 Å². The molecule has 0 radical (unpaired) electrons. The molecule has 0 spiro atoms. The molecule has 5 heteroatoms. The van der Waals surface area contributed by atoms with Crippen LogP contribution < -0.4 is 5.73 Å². The molecule has 1 aliphatic carbocycles. The topological polar surface area (TPSA) is 47.1 Å². The van der Waals surface area contributed by atoms with Gasteiger partial charge >= 0.3 is 0 Å². The third-order valence-corrected chi connectivity index (χ3v) is 5.12. The highest BCUT2D eigenvalue weighted by atomic mass is 79.9. The van der Waals surface area contributed by atoms with E-state index in [1.165, 1.54) is 44.2 Å². The third kappa shape index (κ3) is 5.08. The van der Waals surface area contributed by atoms with Crippen LogP contribution in [0.5, 0.6) is 0 Å². The molecule has 1 fully saturated rings. The molecule has 0 saturated heterocycles. The number of aromatic nitrogens is 2. The number of hydrogen-bond donors (Lipinski definition) is 1. The van der Waals surface area contributed by atoms with Gasteiger partial charge in [0.05, 0.1) is 22.9 Å². The maximum atomic E-state index is 6.52. The van der Waals surface area contributed by atoms with Gasteiger partial charge in [0, 0.05) is 12.6 Å². The lowest BCUT2D eigenvalue weighted by Crippen LogP contribution is -2.24. The first-order chi connectivity index (χ1) is 10.1. The fourth-order valence-corrected chi connectivity index (χ4v) is 3.87. The van der Waals surface area contributed by atoms with Gasteiger partial charge in [-0.15, -0.1) is 0 Å². The van der Waals surface area contributed by atoms with Gasteiger partial charge in [0.15, 0.2) is 0 Å². The van der Waals surface area contributed by atoms with Gasteiger partial charge < -0.3 is 10.6 Å². The van der Waals surface area contributed by atoms with Crippen LogP contribution in [0.25, 0.3) is 0 Å². The van der Waals surface area contributed by atoms with Crippen molar-refractivity contribution in [2.24, 2.45) is 11.7 Å². The van der Waals surface area contributed by atoms with Crippen molar-refractivity contribution in [3.63, 3.8) is 0 Å². The Kier molecular flexibility index (Phi) is 6.71. The summed E-state index contributed by atoms with van der Waals surface area (Å²) in [6.07, 6.45) is 11.2. The van der Waals surface area contributed by atoms with Crippen LogP contribution in [0.4, 0.5) is 0 Å². The molecule has 1 aliphatic rings. The highest BCUT2D eigenvalue weighted by Gasteiger charge is 2.21. The molecule has 2 N–H and O–H groups in total. The van der Waals surface area contributed by atoms with E-state index in [1.54, 1.807) is 0 Å². The fourth-order valence-electron chi connectivity index (χ4n) is 3.28. The lowest BCUT2D eigenvalue weighted by Gasteiger charge is -2.21. The van der Waals surface area contributed by atoms with E-state index in [-0.39, 0.29) is 6.04 Å². The molecular weight excluding hydrogens is 328 g/mol. The summed E-state index contributed by atoms with van der Waals surface area (Å²) in [4.78, 5) is 2.18. The zero-order valence-electron chi connectivity index (χ0n) is 13.4. The van der Waals surface area contributed by atoms with Gasteiger partial charge in [-0.05, 0) is 42.4 Å². The Morgan fingerprint density at radius 3 is 2.62 bits per heavy atom. The molecule has 120 valence electrons. The number of likely N-dealkylation sites (N-methyl/N-ethyl adjacent to an activating group) is 1. The zero-order valence-corrected chi connectivity index (χ0v) is 15.0. The fraction of sp³-hybridized carbons (Fsp3) is 0.812. The summed E-state index contributed by atoms with van der Waals surface area (Å²) in [6, 6.07) is 0.0899. The van der Waals surface area contributed by atoms with Crippen molar-refractivity contribution in [1.29, 1.82) is 0 Å². The molecule has 1 unspecified atom stereocenters. The van der Waals surface area contributed by atoms with Crippen molar-refractivity contribution in [2.75, 3.05) is 20.6 Å². The second-order valence-electron chi connectivity index (χ2n) is 6.60. The quantitative estimate of drug-likeness (QED) is 0.792. The van der Waals surface area contributed by atoms with E-state index >= 15 is 0 Å². The van der Waals surface area contributed by atoms with E-state index in [0.29, 0.717) is 0 Å². The maximum absolute atomic E-state index is 6.52. The highest BCUT2D eigenvalue weighted by molar-refractivity contribution is 9.10. The Balaban J connectivity index is 2.00. The van der Waals surface area contributed by atoms with E-state index in [0.717, 1.165) is 29.9 Å². The Bertz CT molecular complexity index is 422. The van der Waals surface area contributed by atoms with Crippen LogP contribution in [-0.4, -0.2) is 35.3 Å². The summed E-state index contributed by atoms with van der Waals surface area (Å²) >= 11 is 3.63. The van der Waals surface area contributed by atoms with Gasteiger partial charge in [-0.2, -0.15) is 5.10 Å². The molecule has 0 aliphatic heterocycles. The Hall–Kier alpha value is -0.390. The van der Waals surface area contributed by atoms with Crippen LogP contribution in [0.2, 0.25) is 0 Å². The molecular formula is C16H29BrN4. The van der Waals surface area contributed by atoms with Crippen LogP contribution in [0.3, 0.4) is 0 Å². The van der Waals surface area contributed by atoms with Gasteiger partial charge in [0.2, 0.25) is 0 Å². The first-order valence-electron chi connectivity index (χ1n) is 8.19. The van der Waals surface area contributed by atoms with E-state index in [1.807, 2.05) is 6.20 Å². The summed E-state index contributed by atoms with van der Waals surface area (Å²) in [6.45, 7) is 1.88. The monoisotopic (exact) mass is 356 g/mol. The lowest BCUT2D eigenvalue weighted by atomic mass is 9.92. The number of rotatable bonds is 6. The molecule has 0 amide bonds. The van der Waals surface area contributed by atoms with Crippen molar-refractivity contribution >= 4 is 15.9 Å². The number of nitrogens with two attached hydrogens (primary N) is 1. The predicted octanol–water partition coefficient (Wildman–Crippen LogP) is 3.57. The molecule has 1 saturated carbocycles. The molecule has 1 heterocycles. The molecule has 21 heavy (non-hydrogen) atoms. The summed E-state index contributed by atoms with van der Waals surface area (Å²) < 4.78 is 3.13. The largest absolute Gasteiger partial charge is 0.323 e. The van der Waals surface area contributed by atoms with E-state index in [9.17, 15) is 0 Å². The number of halogens is 1. The van der Waals surface area contributed by atoms with E-state index in [2.05, 4.69) is 44.7 Å². The summed E-state index contributed by atoms with van der Waals surface area (Å²) in [5.41, 5.74) is 7.69. The molecule has 1 aromatic heterocycles. The smallest absolute Gasteiger partial charge is 0.0694 e. The average molecular weight is 357 g/mol. The van der Waals surface area contributed by atoms with Gasteiger partial charge in [-0.25, -0.2) is 0 Å². The van der Waals surface area contributed by atoms with E-state index < -0.39 is 0 Å². The molecule has 1 atom stereocenters. The first kappa shape index (κ1) is 17.0. The van der Waals surface area contributed by atoms with Crippen LogP contribution in [0.1, 0.15) is 56.7 Å². The lowest BCUT2D eigenvalue weighted by molar-refractivity contribution is 0.351. The second-order valence-corrected chi connectivity index (χ2v) is 7.46. The van der Waals surface area contributed by atoms with Gasteiger partial charge in [0.25, 0.3) is 0 Å². The summed E-state index contributed by atoms with van der Waals surface area (Å²) in [7, 11) is 4.17. The van der Waals surface area contributed by atoms with Crippen molar-refractivity contribution in [3.8, 4) is 0 Å². The van der Waals surface area contributed by atoms with Gasteiger partial charge in [-0.3, -0.25) is 4.68 Å². The van der Waals surface area contributed by atoms with Gasteiger partial charge in [0.1, 0.15) is 0 Å². The standard InChI is InChI=1S/C16H29BrN4/c1-20(2)9-10-21-16(14(17)12-19-21)15(18)11-13-7-5-3-4-6-8-13/h12-13,15H,3-11,18H2,1-2H3. The minimum Gasteiger partial charge on any atom is -0.323 e. The molecule has 2 rings (SSSR count). The first-order valence-corrected chi connectivity index (χ1v) is 8.98. The van der Waals surface area contributed by atoms with Crippen molar-refractivity contribution in [3.05, 3.63) is 16.4 Å². The predicted molar refractivity (Wildman–Crippen MR) is 91.2 cm³/mol. The zero-order chi connectivity index (χ0) is 15.2. The Labute approximate surface area is 137 Å². The number of hydrogen-bond acceptors (Lipinski definition) is 3. The van der Waals surface area contributed by atoms with Crippen molar-refractivity contribution in [1.82, 2.24) is 14.7 Å². The summed E-state index contributed by atoms with van der Waals surface area (Å²) in [5, 5.41) is 4.48. The van der Waals surface area contributed by atoms with Crippen LogP contribution in [0.15, 0.2) is 10.7 Å².